The predicted molar refractivity (Wildman–Crippen MR) is 115 cm³/mol. The fourth-order valence-electron chi connectivity index (χ4n) is 4.62. The highest BCUT2D eigenvalue weighted by atomic mass is 16.5. The van der Waals surface area contributed by atoms with E-state index >= 15 is 0 Å². The number of anilines is 1. The minimum atomic E-state index is -0.00491. The van der Waals surface area contributed by atoms with Crippen LogP contribution in [0.5, 0.6) is 0 Å². The number of carbonyl (C=O) groups excluding carboxylic acids is 1. The van der Waals surface area contributed by atoms with Crippen LogP contribution in [0.1, 0.15) is 68.2 Å². The van der Waals surface area contributed by atoms with Crippen LogP contribution in [-0.2, 0) is 16.1 Å². The van der Waals surface area contributed by atoms with E-state index in [-0.39, 0.29) is 5.91 Å². The number of nitrogens with one attached hydrogen (secondary N) is 1. The molecule has 0 radical (unpaired) electrons. The smallest absolute Gasteiger partial charge is 0.239 e. The highest BCUT2D eigenvalue weighted by molar-refractivity contribution is 5.93. The molecule has 160 valence electrons. The molecule has 0 bridgehead atoms. The van der Waals surface area contributed by atoms with Gasteiger partial charge >= 0.3 is 0 Å². The molecular weight excluding hydrogens is 364 g/mol. The highest BCUT2D eigenvalue weighted by Gasteiger charge is 2.32. The topological polar surface area (TPSA) is 70.3 Å². The van der Waals surface area contributed by atoms with Crippen LogP contribution >= 0.6 is 0 Å². The summed E-state index contributed by atoms with van der Waals surface area (Å²) in [4.78, 5) is 15.4. The van der Waals surface area contributed by atoms with Crippen molar-refractivity contribution in [1.29, 1.82) is 5.26 Å². The number of nitrogens with zero attached hydrogens (tertiary/aromatic N) is 3. The zero-order valence-electron chi connectivity index (χ0n) is 18.3. The molecule has 1 heterocycles. The molecule has 2 fully saturated rings. The van der Waals surface area contributed by atoms with E-state index in [1.165, 1.54) is 44.9 Å². The van der Waals surface area contributed by atoms with Gasteiger partial charge in [-0.1, -0.05) is 19.3 Å². The Balaban J connectivity index is 1.68. The van der Waals surface area contributed by atoms with Gasteiger partial charge < -0.3 is 14.6 Å². The van der Waals surface area contributed by atoms with Crippen molar-refractivity contribution in [2.45, 2.75) is 77.8 Å². The van der Waals surface area contributed by atoms with Crippen LogP contribution in [0.4, 0.5) is 5.82 Å². The van der Waals surface area contributed by atoms with Crippen LogP contribution in [0, 0.1) is 31.1 Å². The molecular formula is C23H36N4O2. The number of nitriles is 1. The third-order valence-electron chi connectivity index (χ3n) is 6.56. The van der Waals surface area contributed by atoms with E-state index in [0.717, 1.165) is 36.7 Å². The summed E-state index contributed by atoms with van der Waals surface area (Å²) in [6, 6.07) is 2.86. The molecule has 0 aliphatic heterocycles. The van der Waals surface area contributed by atoms with Crippen LogP contribution in [0.15, 0.2) is 0 Å². The Hall–Kier alpha value is -1.84. The van der Waals surface area contributed by atoms with Gasteiger partial charge in [0.05, 0.1) is 12.1 Å². The van der Waals surface area contributed by atoms with Crippen LogP contribution in [0.2, 0.25) is 0 Å². The van der Waals surface area contributed by atoms with Gasteiger partial charge in [0.2, 0.25) is 5.91 Å². The molecule has 0 aromatic carbocycles. The first-order valence-electron chi connectivity index (χ1n) is 11.2. The molecule has 6 nitrogen and oxygen atoms in total. The first kappa shape index (κ1) is 21.9. The van der Waals surface area contributed by atoms with E-state index in [9.17, 15) is 10.1 Å². The fraction of sp³-hybridized carbons (Fsp3) is 0.739. The number of hydrogen-bond donors (Lipinski definition) is 1. The standard InChI is InChI=1S/C23H36N4O2/c1-17-18(2)27(12-7-13-29-3)23(21(17)14-24)25-22(28)16-26(20-10-11-20)15-19-8-5-4-6-9-19/h19-20H,4-13,15-16H2,1-3H3,(H,25,28). The van der Waals surface area contributed by atoms with E-state index in [2.05, 4.69) is 20.9 Å². The molecule has 2 aliphatic carbocycles. The van der Waals surface area contributed by atoms with E-state index in [4.69, 9.17) is 4.74 Å². The molecule has 0 spiro atoms. The van der Waals surface area contributed by atoms with Crippen molar-refractivity contribution in [3.63, 3.8) is 0 Å². The Labute approximate surface area is 175 Å². The lowest BCUT2D eigenvalue weighted by Gasteiger charge is -2.29. The molecule has 2 saturated carbocycles. The highest BCUT2D eigenvalue weighted by Crippen LogP contribution is 2.32. The van der Waals surface area contributed by atoms with Gasteiger partial charge in [0.1, 0.15) is 11.9 Å². The predicted octanol–water partition coefficient (Wildman–Crippen LogP) is 4.00. The molecule has 1 amide bonds. The maximum Gasteiger partial charge on any atom is 0.239 e. The maximum absolute atomic E-state index is 13.0. The third kappa shape index (κ3) is 5.61. The molecule has 2 aliphatic rings. The summed E-state index contributed by atoms with van der Waals surface area (Å²) in [6.07, 6.45) is 9.85. The zero-order chi connectivity index (χ0) is 20.8. The lowest BCUT2D eigenvalue weighted by Crippen LogP contribution is -2.39. The van der Waals surface area contributed by atoms with Crippen molar-refractivity contribution < 1.29 is 9.53 Å². The Morgan fingerprint density at radius 1 is 1.24 bits per heavy atom. The Kier molecular flexibility index (Phi) is 7.74. The number of rotatable bonds is 10. The van der Waals surface area contributed by atoms with Crippen LogP contribution < -0.4 is 5.32 Å². The number of methoxy groups -OCH3 is 1. The van der Waals surface area contributed by atoms with Crippen molar-refractivity contribution in [3.05, 3.63) is 16.8 Å². The molecule has 29 heavy (non-hydrogen) atoms. The number of hydrogen-bond acceptors (Lipinski definition) is 4. The first-order valence-corrected chi connectivity index (χ1v) is 11.2. The van der Waals surface area contributed by atoms with E-state index < -0.39 is 0 Å². The third-order valence-corrected chi connectivity index (χ3v) is 6.56. The van der Waals surface area contributed by atoms with E-state index in [1.54, 1.807) is 7.11 Å². The number of aromatic nitrogens is 1. The molecule has 1 aromatic rings. The summed E-state index contributed by atoms with van der Waals surface area (Å²) in [5, 5.41) is 12.8. The van der Waals surface area contributed by atoms with Crippen molar-refractivity contribution >= 4 is 11.7 Å². The number of ether oxygens (including phenoxy) is 1. The number of amides is 1. The Morgan fingerprint density at radius 2 is 1.97 bits per heavy atom. The summed E-state index contributed by atoms with van der Waals surface area (Å²) in [5.74, 6) is 1.38. The molecule has 1 aromatic heterocycles. The number of carbonyl (C=O) groups is 1. The Bertz CT molecular complexity index is 739. The van der Waals surface area contributed by atoms with Crippen molar-refractivity contribution in [2.75, 3.05) is 32.1 Å². The largest absolute Gasteiger partial charge is 0.385 e. The maximum atomic E-state index is 13.0. The molecule has 0 atom stereocenters. The molecule has 0 unspecified atom stereocenters. The van der Waals surface area contributed by atoms with E-state index in [1.807, 2.05) is 13.8 Å². The summed E-state index contributed by atoms with van der Waals surface area (Å²) in [6.45, 7) is 6.81. The van der Waals surface area contributed by atoms with Gasteiger partial charge in [-0.15, -0.1) is 0 Å². The van der Waals surface area contributed by atoms with Gasteiger partial charge in [-0.05, 0) is 57.4 Å². The Morgan fingerprint density at radius 3 is 2.59 bits per heavy atom. The minimum Gasteiger partial charge on any atom is -0.385 e. The van der Waals surface area contributed by atoms with Crippen molar-refractivity contribution in [1.82, 2.24) is 9.47 Å². The SMILES string of the molecule is COCCCn1c(C)c(C)c(C#N)c1NC(=O)CN(CC1CCCCC1)C1CC1. The van der Waals surface area contributed by atoms with Crippen LogP contribution in [-0.4, -0.2) is 48.2 Å². The van der Waals surface area contributed by atoms with Gasteiger partial charge in [-0.3, -0.25) is 9.69 Å². The normalized spacial score (nSPS) is 17.5. The van der Waals surface area contributed by atoms with Gasteiger partial charge in [-0.2, -0.15) is 5.26 Å². The van der Waals surface area contributed by atoms with E-state index in [0.29, 0.717) is 30.6 Å². The van der Waals surface area contributed by atoms with Crippen molar-refractivity contribution in [3.8, 4) is 6.07 Å². The zero-order valence-corrected chi connectivity index (χ0v) is 18.3. The second-order valence-corrected chi connectivity index (χ2v) is 8.76. The molecule has 0 saturated heterocycles. The minimum absolute atomic E-state index is 0.00491. The van der Waals surface area contributed by atoms with Crippen LogP contribution in [0.25, 0.3) is 0 Å². The second-order valence-electron chi connectivity index (χ2n) is 8.76. The van der Waals surface area contributed by atoms with Gasteiger partial charge in [0, 0.05) is 38.5 Å². The molecule has 1 N–H and O–H groups in total. The summed E-state index contributed by atoms with van der Waals surface area (Å²) in [5.41, 5.74) is 2.56. The summed E-state index contributed by atoms with van der Waals surface area (Å²) >= 11 is 0. The summed E-state index contributed by atoms with van der Waals surface area (Å²) < 4.78 is 7.24. The van der Waals surface area contributed by atoms with Crippen molar-refractivity contribution in [2.24, 2.45) is 5.92 Å². The molecule has 6 heteroatoms. The monoisotopic (exact) mass is 400 g/mol. The molecule has 3 rings (SSSR count). The lowest BCUT2D eigenvalue weighted by molar-refractivity contribution is -0.117. The van der Waals surface area contributed by atoms with Gasteiger partial charge in [0.15, 0.2) is 0 Å². The average molecular weight is 401 g/mol. The second kappa shape index (κ2) is 10.3. The average Bonchev–Trinajstić information content (AvgIpc) is 3.53. The van der Waals surface area contributed by atoms with Crippen LogP contribution in [0.3, 0.4) is 0 Å². The quantitative estimate of drug-likeness (QED) is 0.603. The lowest BCUT2D eigenvalue weighted by atomic mass is 9.89. The fourth-order valence-corrected chi connectivity index (χ4v) is 4.62. The first-order chi connectivity index (χ1) is 14.0. The summed E-state index contributed by atoms with van der Waals surface area (Å²) in [7, 11) is 1.69. The van der Waals surface area contributed by atoms with Gasteiger partial charge in [-0.25, -0.2) is 0 Å². The van der Waals surface area contributed by atoms with Gasteiger partial charge in [0.25, 0.3) is 0 Å².